The zero-order chi connectivity index (χ0) is 27.6. The van der Waals surface area contributed by atoms with Crippen LogP contribution in [-0.4, -0.2) is 62.1 Å². The number of halogens is 6. The third-order valence-corrected chi connectivity index (χ3v) is 5.14. The van der Waals surface area contributed by atoms with Crippen LogP contribution in [-0.2, 0) is 12.4 Å². The molecular weight excluding hydrogens is 504 g/mol. The highest BCUT2D eigenvalue weighted by atomic mass is 19.4. The molecule has 0 aliphatic carbocycles. The molecule has 0 spiro atoms. The summed E-state index contributed by atoms with van der Waals surface area (Å²) in [4.78, 5) is 28.2. The van der Waals surface area contributed by atoms with Crippen LogP contribution in [0.1, 0.15) is 24.0 Å². The van der Waals surface area contributed by atoms with Crippen molar-refractivity contribution in [2.75, 3.05) is 50.9 Å². The third kappa shape index (κ3) is 10.6. The van der Waals surface area contributed by atoms with Gasteiger partial charge in [0, 0.05) is 31.0 Å². The molecule has 0 bridgehead atoms. The summed E-state index contributed by atoms with van der Waals surface area (Å²) in [5, 5.41) is 7.58. The van der Waals surface area contributed by atoms with E-state index in [-0.39, 0.29) is 24.5 Å². The van der Waals surface area contributed by atoms with Crippen molar-refractivity contribution in [3.8, 4) is 0 Å². The molecule has 7 nitrogen and oxygen atoms in total. The fraction of sp³-hybridized carbons (Fsp3) is 0.417. The minimum Gasteiger partial charge on any atom is -0.338 e. The molecule has 37 heavy (non-hydrogen) atoms. The smallest absolute Gasteiger partial charge is 0.338 e. The van der Waals surface area contributed by atoms with E-state index in [4.69, 9.17) is 0 Å². The average Bonchev–Trinajstić information content (AvgIpc) is 2.80. The Morgan fingerprint density at radius 3 is 1.62 bits per heavy atom. The number of amides is 4. The maximum Gasteiger partial charge on any atom is 0.416 e. The fourth-order valence-corrected chi connectivity index (χ4v) is 3.23. The standard InChI is InChI=1S/C24H29F6N5O2/c1-34(2)14-4-16-35(22(37)33-20-11-7-18(8-12-20)24(28,29)30)15-3-13-31-21(36)32-19-9-5-17(6-10-19)23(25,26)27/h5-12H,3-4,13-16H2,1-2H3,(H,33,37)(H2,31,32,36). The number of nitrogens with zero attached hydrogens (tertiary/aromatic N) is 2. The average molecular weight is 534 g/mol. The minimum absolute atomic E-state index is 0.171. The van der Waals surface area contributed by atoms with Crippen molar-refractivity contribution in [1.29, 1.82) is 0 Å². The molecule has 0 saturated heterocycles. The molecule has 0 saturated carbocycles. The molecule has 2 aromatic carbocycles. The van der Waals surface area contributed by atoms with Gasteiger partial charge in [-0.25, -0.2) is 9.59 Å². The highest BCUT2D eigenvalue weighted by Gasteiger charge is 2.30. The molecule has 4 amide bonds. The number of alkyl halides is 6. The first-order valence-electron chi connectivity index (χ1n) is 11.4. The molecule has 0 aliphatic rings. The van der Waals surface area contributed by atoms with E-state index in [0.717, 1.165) is 36.4 Å². The van der Waals surface area contributed by atoms with Gasteiger partial charge >= 0.3 is 24.4 Å². The van der Waals surface area contributed by atoms with E-state index >= 15 is 0 Å². The summed E-state index contributed by atoms with van der Waals surface area (Å²) < 4.78 is 76.1. The highest BCUT2D eigenvalue weighted by molar-refractivity contribution is 5.90. The monoisotopic (exact) mass is 533 g/mol. The Kier molecular flexibility index (Phi) is 10.6. The minimum atomic E-state index is -4.48. The quantitative estimate of drug-likeness (QED) is 0.270. The first-order valence-corrected chi connectivity index (χ1v) is 11.4. The van der Waals surface area contributed by atoms with Crippen molar-refractivity contribution < 1.29 is 35.9 Å². The Labute approximate surface area is 210 Å². The van der Waals surface area contributed by atoms with E-state index < -0.39 is 35.5 Å². The third-order valence-electron chi connectivity index (χ3n) is 5.14. The highest BCUT2D eigenvalue weighted by Crippen LogP contribution is 2.30. The van der Waals surface area contributed by atoms with Crippen LogP contribution < -0.4 is 16.0 Å². The van der Waals surface area contributed by atoms with Gasteiger partial charge in [0.25, 0.3) is 0 Å². The van der Waals surface area contributed by atoms with E-state index in [1.165, 1.54) is 17.0 Å². The second-order valence-electron chi connectivity index (χ2n) is 8.46. The maximum atomic E-state index is 12.8. The molecule has 0 radical (unpaired) electrons. The van der Waals surface area contributed by atoms with Crippen LogP contribution in [0.25, 0.3) is 0 Å². The molecule has 0 aromatic heterocycles. The summed E-state index contributed by atoms with van der Waals surface area (Å²) in [6.07, 6.45) is -7.94. The van der Waals surface area contributed by atoms with E-state index in [1.807, 2.05) is 19.0 Å². The summed E-state index contributed by atoms with van der Waals surface area (Å²) in [6, 6.07) is 6.99. The lowest BCUT2D eigenvalue weighted by Crippen LogP contribution is -2.39. The van der Waals surface area contributed by atoms with E-state index in [0.29, 0.717) is 25.9 Å². The van der Waals surface area contributed by atoms with Crippen molar-refractivity contribution in [1.82, 2.24) is 15.1 Å². The van der Waals surface area contributed by atoms with Crippen LogP contribution in [0.2, 0.25) is 0 Å². The van der Waals surface area contributed by atoms with E-state index in [9.17, 15) is 35.9 Å². The van der Waals surface area contributed by atoms with Crippen molar-refractivity contribution in [3.63, 3.8) is 0 Å². The Morgan fingerprint density at radius 2 is 1.16 bits per heavy atom. The summed E-state index contributed by atoms with van der Waals surface area (Å²) >= 11 is 0. The van der Waals surface area contributed by atoms with E-state index in [1.54, 1.807) is 0 Å². The molecule has 0 heterocycles. The normalized spacial score (nSPS) is 11.8. The van der Waals surface area contributed by atoms with Crippen LogP contribution in [0.3, 0.4) is 0 Å². The molecule has 13 heteroatoms. The van der Waals surface area contributed by atoms with Crippen LogP contribution in [0, 0.1) is 0 Å². The zero-order valence-corrected chi connectivity index (χ0v) is 20.3. The molecule has 0 unspecified atom stereocenters. The molecule has 3 N–H and O–H groups in total. The molecule has 2 aromatic rings. The number of urea groups is 2. The van der Waals surface area contributed by atoms with Gasteiger partial charge in [-0.05, 0) is 82.0 Å². The van der Waals surface area contributed by atoms with Gasteiger partial charge in [0.1, 0.15) is 0 Å². The van der Waals surface area contributed by atoms with Gasteiger partial charge in [0.05, 0.1) is 11.1 Å². The lowest BCUT2D eigenvalue weighted by molar-refractivity contribution is -0.138. The summed E-state index contributed by atoms with van der Waals surface area (Å²) in [7, 11) is 3.76. The number of hydrogen-bond acceptors (Lipinski definition) is 3. The number of anilines is 2. The van der Waals surface area contributed by atoms with Crippen molar-refractivity contribution in [2.45, 2.75) is 25.2 Å². The molecule has 0 aliphatic heterocycles. The number of carbonyl (C=O) groups is 2. The Bertz CT molecular complexity index is 1010. The number of benzene rings is 2. The molecule has 0 atom stereocenters. The molecule has 2 rings (SSSR count). The van der Waals surface area contributed by atoms with Gasteiger partial charge < -0.3 is 25.8 Å². The SMILES string of the molecule is CN(C)CCCN(CCCNC(=O)Nc1ccc(C(F)(F)F)cc1)C(=O)Nc1ccc(C(F)(F)F)cc1. The number of hydrogen-bond donors (Lipinski definition) is 3. The Morgan fingerprint density at radius 1 is 0.703 bits per heavy atom. The van der Waals surface area contributed by atoms with Crippen LogP contribution >= 0.6 is 0 Å². The molecule has 0 fully saturated rings. The summed E-state index contributed by atoms with van der Waals surface area (Å²) in [5.74, 6) is 0. The second kappa shape index (κ2) is 13.2. The van der Waals surface area contributed by atoms with Crippen LogP contribution in [0.4, 0.5) is 47.3 Å². The number of carbonyl (C=O) groups excluding carboxylic acids is 2. The van der Waals surface area contributed by atoms with Crippen molar-refractivity contribution >= 4 is 23.4 Å². The van der Waals surface area contributed by atoms with Crippen LogP contribution in [0.5, 0.6) is 0 Å². The topological polar surface area (TPSA) is 76.7 Å². The van der Waals surface area contributed by atoms with Gasteiger partial charge in [-0.15, -0.1) is 0 Å². The summed E-state index contributed by atoms with van der Waals surface area (Å²) in [5.41, 5.74) is -1.26. The summed E-state index contributed by atoms with van der Waals surface area (Å²) in [6.45, 7) is 1.50. The second-order valence-corrected chi connectivity index (χ2v) is 8.46. The zero-order valence-electron chi connectivity index (χ0n) is 20.3. The van der Waals surface area contributed by atoms with E-state index in [2.05, 4.69) is 16.0 Å². The lowest BCUT2D eigenvalue weighted by atomic mass is 10.2. The number of rotatable bonds is 10. The van der Waals surface area contributed by atoms with Gasteiger partial charge in [-0.1, -0.05) is 0 Å². The predicted octanol–water partition coefficient (Wildman–Crippen LogP) is 5.72. The van der Waals surface area contributed by atoms with Gasteiger partial charge in [0.2, 0.25) is 0 Å². The molecular formula is C24H29F6N5O2. The van der Waals surface area contributed by atoms with Gasteiger partial charge in [0.15, 0.2) is 0 Å². The number of nitrogens with one attached hydrogen (secondary N) is 3. The van der Waals surface area contributed by atoms with Gasteiger partial charge in [-0.2, -0.15) is 26.3 Å². The maximum absolute atomic E-state index is 12.8. The fourth-order valence-electron chi connectivity index (χ4n) is 3.23. The van der Waals surface area contributed by atoms with Gasteiger partial charge in [-0.3, -0.25) is 0 Å². The first kappa shape index (κ1) is 29.7. The van der Waals surface area contributed by atoms with Crippen molar-refractivity contribution in [2.24, 2.45) is 0 Å². The molecule has 204 valence electrons. The van der Waals surface area contributed by atoms with Crippen LogP contribution in [0.15, 0.2) is 48.5 Å². The Balaban J connectivity index is 1.86. The largest absolute Gasteiger partial charge is 0.416 e. The first-order chi connectivity index (χ1) is 17.3. The van der Waals surface area contributed by atoms with Crippen molar-refractivity contribution in [3.05, 3.63) is 59.7 Å². The Hall–Kier alpha value is -3.48. The lowest BCUT2D eigenvalue weighted by Gasteiger charge is -2.24. The predicted molar refractivity (Wildman–Crippen MR) is 128 cm³/mol.